The summed E-state index contributed by atoms with van der Waals surface area (Å²) in [5.74, 6) is -1.29. The fourth-order valence-electron chi connectivity index (χ4n) is 1.66. The molecule has 0 amide bonds. The number of rotatable bonds is 3. The van der Waals surface area contributed by atoms with E-state index < -0.39 is 11.5 Å². The van der Waals surface area contributed by atoms with Gasteiger partial charge in [-0.05, 0) is 23.8 Å². The van der Waals surface area contributed by atoms with Crippen LogP contribution in [0.1, 0.15) is 15.9 Å². The van der Waals surface area contributed by atoms with E-state index in [4.69, 9.17) is 28.3 Å². The Morgan fingerprint density at radius 1 is 1.16 bits per heavy atom. The van der Waals surface area contributed by atoms with Gasteiger partial charge in [-0.2, -0.15) is 0 Å². The average molecular weight is 298 g/mol. The lowest BCUT2D eigenvalue weighted by molar-refractivity contribution is 0.0694. The topological polar surface area (TPSA) is 59.3 Å². The summed E-state index contributed by atoms with van der Waals surface area (Å²) < 4.78 is 1.26. The molecule has 0 aliphatic carbocycles. The Bertz CT molecular complexity index is 677. The van der Waals surface area contributed by atoms with Crippen molar-refractivity contribution in [3.63, 3.8) is 0 Å². The number of benzene rings is 1. The molecule has 0 atom stereocenters. The molecule has 1 N–H and O–H groups in total. The zero-order valence-electron chi connectivity index (χ0n) is 9.64. The Morgan fingerprint density at radius 3 is 2.37 bits per heavy atom. The number of pyridine rings is 1. The van der Waals surface area contributed by atoms with E-state index in [9.17, 15) is 9.59 Å². The zero-order valence-corrected chi connectivity index (χ0v) is 11.1. The van der Waals surface area contributed by atoms with Crippen molar-refractivity contribution < 1.29 is 9.90 Å². The highest BCUT2D eigenvalue weighted by Crippen LogP contribution is 2.12. The van der Waals surface area contributed by atoms with Gasteiger partial charge < -0.3 is 9.67 Å². The van der Waals surface area contributed by atoms with Crippen LogP contribution in [-0.2, 0) is 6.54 Å². The van der Waals surface area contributed by atoms with Crippen molar-refractivity contribution in [3.05, 3.63) is 68.1 Å². The molecular weight excluding hydrogens is 289 g/mol. The van der Waals surface area contributed by atoms with Crippen LogP contribution in [0.3, 0.4) is 0 Å². The van der Waals surface area contributed by atoms with E-state index in [1.54, 1.807) is 24.3 Å². The summed E-state index contributed by atoms with van der Waals surface area (Å²) in [5, 5.41) is 9.72. The van der Waals surface area contributed by atoms with Crippen LogP contribution in [0.25, 0.3) is 0 Å². The summed E-state index contributed by atoms with van der Waals surface area (Å²) in [4.78, 5) is 22.9. The van der Waals surface area contributed by atoms with Gasteiger partial charge in [0, 0.05) is 11.2 Å². The number of carboxylic acid groups (broad SMARTS) is 1. The summed E-state index contributed by atoms with van der Waals surface area (Å²) in [7, 11) is 0. The third-order valence-electron chi connectivity index (χ3n) is 2.55. The number of aromatic carboxylic acids is 1. The van der Waals surface area contributed by atoms with Gasteiger partial charge in [-0.1, -0.05) is 35.3 Å². The first-order chi connectivity index (χ1) is 8.97. The minimum Gasteiger partial charge on any atom is -0.477 e. The lowest BCUT2D eigenvalue weighted by Crippen LogP contribution is -2.26. The number of nitrogens with zero attached hydrogens (tertiary/aromatic N) is 1. The van der Waals surface area contributed by atoms with Crippen molar-refractivity contribution in [1.29, 1.82) is 0 Å². The second-order valence-electron chi connectivity index (χ2n) is 3.94. The van der Waals surface area contributed by atoms with Gasteiger partial charge in [0.15, 0.2) is 0 Å². The lowest BCUT2D eigenvalue weighted by Gasteiger charge is -2.08. The van der Waals surface area contributed by atoms with Gasteiger partial charge in [0.1, 0.15) is 5.56 Å². The first-order valence-electron chi connectivity index (χ1n) is 5.35. The third kappa shape index (κ3) is 3.16. The number of carbonyl (C=O) groups is 1. The molecule has 0 unspecified atom stereocenters. The normalized spacial score (nSPS) is 10.4. The van der Waals surface area contributed by atoms with E-state index >= 15 is 0 Å². The molecule has 19 heavy (non-hydrogen) atoms. The molecule has 2 rings (SSSR count). The predicted octanol–water partition coefficient (Wildman–Crippen LogP) is 2.90. The molecule has 0 spiro atoms. The van der Waals surface area contributed by atoms with Crippen LogP contribution in [0.15, 0.2) is 41.3 Å². The molecule has 0 saturated heterocycles. The van der Waals surface area contributed by atoms with E-state index in [-0.39, 0.29) is 17.1 Å². The fourth-order valence-corrected chi connectivity index (χ4v) is 2.01. The van der Waals surface area contributed by atoms with Crippen molar-refractivity contribution in [3.8, 4) is 0 Å². The maximum absolute atomic E-state index is 11.9. The average Bonchev–Trinajstić information content (AvgIpc) is 2.35. The van der Waals surface area contributed by atoms with Crippen LogP contribution in [-0.4, -0.2) is 15.6 Å². The van der Waals surface area contributed by atoms with Crippen LogP contribution in [0.4, 0.5) is 0 Å². The standard InChI is InChI=1S/C13H9Cl2NO3/c14-9-3-1-8(2-4-9)6-16-7-10(15)5-11(12(16)17)13(18)19/h1-5,7H,6H2,(H,18,19). The molecule has 6 heteroatoms. The van der Waals surface area contributed by atoms with Crippen molar-refractivity contribution >= 4 is 29.2 Å². The minimum atomic E-state index is -1.29. The molecule has 0 bridgehead atoms. The van der Waals surface area contributed by atoms with E-state index in [2.05, 4.69) is 0 Å². The number of halogens is 2. The number of hydrogen-bond acceptors (Lipinski definition) is 2. The summed E-state index contributed by atoms with van der Waals surface area (Å²) in [6.07, 6.45) is 1.41. The lowest BCUT2D eigenvalue weighted by atomic mass is 10.2. The second-order valence-corrected chi connectivity index (χ2v) is 4.81. The number of carboxylic acids is 1. The summed E-state index contributed by atoms with van der Waals surface area (Å²) >= 11 is 11.6. The van der Waals surface area contributed by atoms with E-state index in [1.165, 1.54) is 10.8 Å². The smallest absolute Gasteiger partial charge is 0.341 e. The van der Waals surface area contributed by atoms with Crippen LogP contribution >= 0.6 is 23.2 Å². The molecule has 1 aromatic carbocycles. The van der Waals surface area contributed by atoms with Crippen molar-refractivity contribution in [1.82, 2.24) is 4.57 Å². The van der Waals surface area contributed by atoms with E-state index in [1.807, 2.05) is 0 Å². The van der Waals surface area contributed by atoms with Crippen LogP contribution in [0, 0.1) is 0 Å². The second kappa shape index (κ2) is 5.47. The molecule has 1 aromatic heterocycles. The maximum atomic E-state index is 11.9. The SMILES string of the molecule is O=C(O)c1cc(Cl)cn(Cc2ccc(Cl)cc2)c1=O. The Kier molecular flexibility index (Phi) is 3.93. The largest absolute Gasteiger partial charge is 0.477 e. The van der Waals surface area contributed by atoms with Gasteiger partial charge >= 0.3 is 5.97 Å². The highest BCUT2D eigenvalue weighted by molar-refractivity contribution is 6.31. The highest BCUT2D eigenvalue weighted by atomic mass is 35.5. The third-order valence-corrected chi connectivity index (χ3v) is 3.01. The summed E-state index contributed by atoms with van der Waals surface area (Å²) in [6.45, 7) is 0.233. The first kappa shape index (κ1) is 13.6. The molecule has 2 aromatic rings. The monoisotopic (exact) mass is 297 g/mol. The van der Waals surface area contributed by atoms with Crippen molar-refractivity contribution in [2.75, 3.05) is 0 Å². The van der Waals surface area contributed by atoms with Crippen molar-refractivity contribution in [2.45, 2.75) is 6.54 Å². The molecule has 1 heterocycles. The van der Waals surface area contributed by atoms with Gasteiger partial charge in [0.25, 0.3) is 5.56 Å². The molecule has 4 nitrogen and oxygen atoms in total. The molecule has 0 saturated carbocycles. The Labute approximate surface area is 118 Å². The summed E-state index contributed by atoms with van der Waals surface area (Å²) in [5.41, 5.74) is -0.113. The zero-order chi connectivity index (χ0) is 14.0. The minimum absolute atomic E-state index is 0.200. The Hall–Kier alpha value is -1.78. The summed E-state index contributed by atoms with van der Waals surface area (Å²) in [6, 6.07) is 8.06. The highest BCUT2D eigenvalue weighted by Gasteiger charge is 2.12. The molecule has 0 aliphatic rings. The first-order valence-corrected chi connectivity index (χ1v) is 6.10. The molecule has 0 aliphatic heterocycles. The van der Waals surface area contributed by atoms with Gasteiger partial charge in [-0.25, -0.2) is 4.79 Å². The Morgan fingerprint density at radius 2 is 1.79 bits per heavy atom. The van der Waals surface area contributed by atoms with Gasteiger partial charge in [0.05, 0.1) is 11.6 Å². The van der Waals surface area contributed by atoms with Gasteiger partial charge in [-0.3, -0.25) is 4.79 Å². The fraction of sp³-hybridized carbons (Fsp3) is 0.0769. The van der Waals surface area contributed by atoms with Gasteiger partial charge in [0.2, 0.25) is 0 Å². The molecule has 0 radical (unpaired) electrons. The number of hydrogen-bond donors (Lipinski definition) is 1. The van der Waals surface area contributed by atoms with Crippen LogP contribution in [0.2, 0.25) is 10.0 Å². The molecule has 98 valence electrons. The van der Waals surface area contributed by atoms with Gasteiger partial charge in [-0.15, -0.1) is 0 Å². The molecular formula is C13H9Cl2NO3. The van der Waals surface area contributed by atoms with Crippen LogP contribution in [0.5, 0.6) is 0 Å². The van der Waals surface area contributed by atoms with E-state index in [0.29, 0.717) is 5.02 Å². The molecule has 0 fully saturated rings. The maximum Gasteiger partial charge on any atom is 0.341 e. The van der Waals surface area contributed by atoms with E-state index in [0.717, 1.165) is 11.6 Å². The van der Waals surface area contributed by atoms with Crippen LogP contribution < -0.4 is 5.56 Å². The number of aromatic nitrogens is 1. The quantitative estimate of drug-likeness (QED) is 0.947. The predicted molar refractivity (Wildman–Crippen MR) is 73.2 cm³/mol. The Balaban J connectivity index is 2.43. The van der Waals surface area contributed by atoms with Crippen molar-refractivity contribution in [2.24, 2.45) is 0 Å².